The van der Waals surface area contributed by atoms with E-state index in [9.17, 15) is 18.0 Å². The van der Waals surface area contributed by atoms with Crippen molar-refractivity contribution in [2.75, 3.05) is 6.61 Å². The molecule has 0 aromatic heterocycles. The van der Waals surface area contributed by atoms with E-state index in [-0.39, 0.29) is 11.8 Å². The Morgan fingerprint density at radius 2 is 2.14 bits per heavy atom. The van der Waals surface area contributed by atoms with E-state index in [0.717, 1.165) is 12.5 Å². The topological polar surface area (TPSA) is 26.3 Å². The fourth-order valence-electron chi connectivity index (χ4n) is 2.29. The Bertz CT molecular complexity index is 588. The second kappa shape index (κ2) is 6.81. The monoisotopic (exact) mass is 310 g/mol. The maximum atomic E-state index is 12.7. The largest absolute Gasteiger partial charge is 0.463 e. The van der Waals surface area contributed by atoms with Crippen LogP contribution in [0.3, 0.4) is 0 Å². The lowest BCUT2D eigenvalue weighted by Crippen LogP contribution is -2.05. The number of ether oxygens (including phenoxy) is 1. The molecule has 0 saturated heterocycles. The summed E-state index contributed by atoms with van der Waals surface area (Å²) in [4.78, 5) is 11.1. The van der Waals surface area contributed by atoms with E-state index in [1.807, 2.05) is 6.08 Å². The molecule has 118 valence electrons. The van der Waals surface area contributed by atoms with Gasteiger partial charge in [0.15, 0.2) is 0 Å². The number of rotatable bonds is 5. The molecule has 1 aliphatic rings. The third kappa shape index (κ3) is 4.48. The molecule has 0 amide bonds. The first-order valence-corrected chi connectivity index (χ1v) is 7.10. The molecule has 5 heteroatoms. The number of allylic oxidation sites excluding steroid dienone is 3. The van der Waals surface area contributed by atoms with Crippen LogP contribution in [-0.4, -0.2) is 12.6 Å². The highest BCUT2D eigenvalue weighted by molar-refractivity contribution is 5.82. The zero-order valence-electron chi connectivity index (χ0n) is 12.1. The van der Waals surface area contributed by atoms with Crippen LogP contribution in [0.15, 0.2) is 48.6 Å². The van der Waals surface area contributed by atoms with Crippen molar-refractivity contribution in [3.05, 3.63) is 59.7 Å². The summed E-state index contributed by atoms with van der Waals surface area (Å²) in [7, 11) is 0. The van der Waals surface area contributed by atoms with Gasteiger partial charge in [0.2, 0.25) is 0 Å². The molecular formula is C17H17F3O2. The molecule has 0 spiro atoms. The number of carbonyl (C=O) groups is 1. The Balaban J connectivity index is 1.91. The molecule has 1 saturated carbocycles. The minimum atomic E-state index is -4.31. The van der Waals surface area contributed by atoms with Crippen molar-refractivity contribution in [1.82, 2.24) is 0 Å². The summed E-state index contributed by atoms with van der Waals surface area (Å²) >= 11 is 0. The highest BCUT2D eigenvalue weighted by Crippen LogP contribution is 2.49. The third-order valence-corrected chi connectivity index (χ3v) is 3.47. The molecule has 2 rings (SSSR count). The molecule has 0 heterocycles. The Kier molecular flexibility index (Phi) is 5.06. The van der Waals surface area contributed by atoms with Crippen molar-refractivity contribution >= 4 is 5.97 Å². The fraction of sp³-hybridized carbons (Fsp3) is 0.353. The van der Waals surface area contributed by atoms with Gasteiger partial charge in [0.25, 0.3) is 0 Å². The van der Waals surface area contributed by atoms with E-state index in [1.54, 1.807) is 25.1 Å². The average Bonchev–Trinajstić information content (AvgIpc) is 3.23. The summed E-state index contributed by atoms with van der Waals surface area (Å²) in [5.74, 6) is -0.0674. The zero-order chi connectivity index (χ0) is 16.2. The molecule has 0 unspecified atom stereocenters. The SMILES string of the molecule is CCOC(=O)C=CC=C[C@@H]1C[C@@H]1c1cccc(C(F)(F)F)c1. The van der Waals surface area contributed by atoms with E-state index >= 15 is 0 Å². The number of halogens is 3. The quantitative estimate of drug-likeness (QED) is 0.455. The fourth-order valence-corrected chi connectivity index (χ4v) is 2.29. The van der Waals surface area contributed by atoms with Crippen LogP contribution in [0, 0.1) is 5.92 Å². The van der Waals surface area contributed by atoms with Crippen LogP contribution < -0.4 is 0 Å². The number of benzene rings is 1. The summed E-state index contributed by atoms with van der Waals surface area (Å²) in [5.41, 5.74) is 0.0979. The Morgan fingerprint density at radius 3 is 2.82 bits per heavy atom. The first-order chi connectivity index (χ1) is 10.4. The van der Waals surface area contributed by atoms with Gasteiger partial charge in [0.05, 0.1) is 12.2 Å². The van der Waals surface area contributed by atoms with E-state index < -0.39 is 17.7 Å². The van der Waals surface area contributed by atoms with E-state index in [2.05, 4.69) is 0 Å². The molecule has 1 fully saturated rings. The first-order valence-electron chi connectivity index (χ1n) is 7.10. The van der Waals surface area contributed by atoms with Crippen LogP contribution in [0.5, 0.6) is 0 Å². The molecule has 2 atom stereocenters. The molecule has 0 radical (unpaired) electrons. The predicted molar refractivity (Wildman–Crippen MR) is 77.2 cm³/mol. The minimum absolute atomic E-state index is 0.120. The van der Waals surface area contributed by atoms with Gasteiger partial charge in [-0.2, -0.15) is 13.2 Å². The summed E-state index contributed by atoms with van der Waals surface area (Å²) in [6, 6.07) is 5.46. The molecule has 0 bridgehead atoms. The maximum absolute atomic E-state index is 12.7. The Morgan fingerprint density at radius 1 is 1.36 bits per heavy atom. The molecule has 1 aliphatic carbocycles. The number of hydrogen-bond acceptors (Lipinski definition) is 2. The standard InChI is InChI=1S/C17H17F3O2/c1-2-22-16(21)9-4-3-6-13-11-15(13)12-7-5-8-14(10-12)17(18,19)20/h3-10,13,15H,2,11H2,1H3/t13-,15-/m1/s1. The summed E-state index contributed by atoms with van der Waals surface area (Å²) in [6.45, 7) is 2.05. The van der Waals surface area contributed by atoms with Crippen molar-refractivity contribution in [2.24, 2.45) is 5.92 Å². The van der Waals surface area contributed by atoms with Crippen molar-refractivity contribution < 1.29 is 22.7 Å². The Labute approximate surface area is 127 Å². The molecule has 1 aromatic carbocycles. The van der Waals surface area contributed by atoms with Crippen molar-refractivity contribution in [2.45, 2.75) is 25.4 Å². The molecule has 0 N–H and O–H groups in total. The summed E-state index contributed by atoms with van der Waals surface area (Å²) < 4.78 is 42.7. The van der Waals surface area contributed by atoms with Crippen LogP contribution in [0.1, 0.15) is 30.4 Å². The highest BCUT2D eigenvalue weighted by atomic mass is 19.4. The highest BCUT2D eigenvalue weighted by Gasteiger charge is 2.38. The lowest BCUT2D eigenvalue weighted by molar-refractivity contribution is -0.138. The molecule has 1 aromatic rings. The van der Waals surface area contributed by atoms with Gasteiger partial charge in [0, 0.05) is 6.08 Å². The normalized spacial score (nSPS) is 21.5. The summed E-state index contributed by atoms with van der Waals surface area (Å²) in [6.07, 6.45) is 3.06. The second-order valence-electron chi connectivity index (χ2n) is 5.13. The van der Waals surface area contributed by atoms with Gasteiger partial charge >= 0.3 is 12.1 Å². The van der Waals surface area contributed by atoms with Gasteiger partial charge < -0.3 is 4.74 Å². The molecule has 2 nitrogen and oxygen atoms in total. The van der Waals surface area contributed by atoms with Gasteiger partial charge in [-0.05, 0) is 36.8 Å². The van der Waals surface area contributed by atoms with Crippen LogP contribution in [0.2, 0.25) is 0 Å². The third-order valence-electron chi connectivity index (χ3n) is 3.47. The number of alkyl halides is 3. The second-order valence-corrected chi connectivity index (χ2v) is 5.13. The lowest BCUT2D eigenvalue weighted by atomic mass is 10.1. The van der Waals surface area contributed by atoms with E-state index in [1.165, 1.54) is 18.2 Å². The lowest BCUT2D eigenvalue weighted by Gasteiger charge is -2.08. The molecular weight excluding hydrogens is 293 g/mol. The van der Waals surface area contributed by atoms with Crippen LogP contribution >= 0.6 is 0 Å². The van der Waals surface area contributed by atoms with Crippen LogP contribution in [0.4, 0.5) is 13.2 Å². The maximum Gasteiger partial charge on any atom is 0.416 e. The Hall–Kier alpha value is -2.04. The molecule has 0 aliphatic heterocycles. The van der Waals surface area contributed by atoms with E-state index in [0.29, 0.717) is 12.2 Å². The smallest absolute Gasteiger partial charge is 0.416 e. The van der Waals surface area contributed by atoms with Crippen LogP contribution in [-0.2, 0) is 15.7 Å². The number of carbonyl (C=O) groups excluding carboxylic acids is 1. The molecule has 22 heavy (non-hydrogen) atoms. The summed E-state index contributed by atoms with van der Waals surface area (Å²) in [5, 5.41) is 0. The van der Waals surface area contributed by atoms with Crippen molar-refractivity contribution in [3.63, 3.8) is 0 Å². The van der Waals surface area contributed by atoms with Gasteiger partial charge in [-0.1, -0.05) is 36.4 Å². The van der Waals surface area contributed by atoms with Gasteiger partial charge in [-0.25, -0.2) is 4.79 Å². The van der Waals surface area contributed by atoms with Crippen molar-refractivity contribution in [1.29, 1.82) is 0 Å². The first kappa shape index (κ1) is 16.3. The van der Waals surface area contributed by atoms with E-state index in [4.69, 9.17) is 4.74 Å². The predicted octanol–water partition coefficient (Wildman–Crippen LogP) is 4.48. The van der Waals surface area contributed by atoms with Gasteiger partial charge in [-0.15, -0.1) is 0 Å². The van der Waals surface area contributed by atoms with Crippen LogP contribution in [0.25, 0.3) is 0 Å². The van der Waals surface area contributed by atoms with Crippen molar-refractivity contribution in [3.8, 4) is 0 Å². The zero-order valence-corrected chi connectivity index (χ0v) is 12.1. The van der Waals surface area contributed by atoms with Gasteiger partial charge in [-0.3, -0.25) is 0 Å². The number of hydrogen-bond donors (Lipinski definition) is 0. The average molecular weight is 310 g/mol. The minimum Gasteiger partial charge on any atom is -0.463 e. The number of esters is 1. The van der Waals surface area contributed by atoms with Gasteiger partial charge in [0.1, 0.15) is 0 Å².